The molecular formula is C20H22ClN3O3. The van der Waals surface area contributed by atoms with Crippen molar-refractivity contribution in [2.75, 3.05) is 13.1 Å². The minimum Gasteiger partial charge on any atom is -0.480 e. The Hall–Kier alpha value is -2.44. The minimum absolute atomic E-state index is 0.0366. The predicted octanol–water partition coefficient (Wildman–Crippen LogP) is 3.07. The van der Waals surface area contributed by atoms with Gasteiger partial charge in [0.05, 0.1) is 12.1 Å². The second-order valence-electron chi connectivity index (χ2n) is 6.72. The van der Waals surface area contributed by atoms with E-state index >= 15 is 0 Å². The van der Waals surface area contributed by atoms with E-state index in [1.165, 1.54) is 0 Å². The quantitative estimate of drug-likeness (QED) is 0.762. The maximum absolute atomic E-state index is 12.5. The van der Waals surface area contributed by atoms with E-state index in [9.17, 15) is 9.59 Å². The first-order chi connectivity index (χ1) is 13.0. The zero-order valence-corrected chi connectivity index (χ0v) is 15.8. The summed E-state index contributed by atoms with van der Waals surface area (Å²) < 4.78 is 0. The number of aromatic nitrogens is 1. The number of nitrogens with zero attached hydrogens (tertiary/aromatic N) is 2. The second-order valence-corrected chi connectivity index (χ2v) is 7.16. The summed E-state index contributed by atoms with van der Waals surface area (Å²) in [5, 5.41) is 12.6. The number of carboxylic acids is 1. The highest BCUT2D eigenvalue weighted by Crippen LogP contribution is 2.26. The predicted molar refractivity (Wildman–Crippen MR) is 104 cm³/mol. The maximum Gasteiger partial charge on any atom is 0.317 e. The number of pyridine rings is 1. The van der Waals surface area contributed by atoms with Crippen molar-refractivity contribution in [3.05, 3.63) is 53.3 Å². The fraction of sp³-hybridized carbons (Fsp3) is 0.350. The van der Waals surface area contributed by atoms with Gasteiger partial charge in [0.25, 0.3) is 5.91 Å². The molecule has 2 aromatic rings. The van der Waals surface area contributed by atoms with Crippen LogP contribution >= 0.6 is 11.6 Å². The number of likely N-dealkylation sites (N-methyl/N-ethyl adjacent to an activating group) is 1. The smallest absolute Gasteiger partial charge is 0.317 e. The van der Waals surface area contributed by atoms with Crippen molar-refractivity contribution in [2.24, 2.45) is 0 Å². The number of amides is 1. The van der Waals surface area contributed by atoms with Crippen LogP contribution in [0.4, 0.5) is 0 Å². The number of aliphatic carboxylic acids is 1. The lowest BCUT2D eigenvalue weighted by atomic mass is 9.85. The van der Waals surface area contributed by atoms with Gasteiger partial charge in [-0.2, -0.15) is 0 Å². The van der Waals surface area contributed by atoms with Crippen LogP contribution in [0.25, 0.3) is 11.1 Å². The van der Waals surface area contributed by atoms with Crippen molar-refractivity contribution in [1.82, 2.24) is 15.2 Å². The molecule has 1 amide bonds. The number of carbonyl (C=O) groups excluding carboxylic acids is 1. The number of carbonyl (C=O) groups is 2. The van der Waals surface area contributed by atoms with E-state index in [1.807, 2.05) is 30.0 Å². The SMILES string of the molecule is CCN(CC(=O)O)C1CC(NC(=O)c2cncc(-c3ccc(Cl)cc3)c2)C1. The molecule has 0 aliphatic heterocycles. The second kappa shape index (κ2) is 8.50. The van der Waals surface area contributed by atoms with Gasteiger partial charge in [0.2, 0.25) is 0 Å². The molecule has 0 spiro atoms. The summed E-state index contributed by atoms with van der Waals surface area (Å²) in [6.07, 6.45) is 4.78. The molecule has 0 bridgehead atoms. The van der Waals surface area contributed by atoms with Crippen molar-refractivity contribution < 1.29 is 14.7 Å². The third kappa shape index (κ3) is 4.84. The molecule has 1 aromatic carbocycles. The first kappa shape index (κ1) is 19.3. The van der Waals surface area contributed by atoms with Crippen LogP contribution in [0.2, 0.25) is 5.02 Å². The van der Waals surface area contributed by atoms with Crippen molar-refractivity contribution in [3.63, 3.8) is 0 Å². The molecule has 0 atom stereocenters. The van der Waals surface area contributed by atoms with Crippen LogP contribution in [0.1, 0.15) is 30.1 Å². The van der Waals surface area contributed by atoms with Gasteiger partial charge in [-0.05, 0) is 43.1 Å². The van der Waals surface area contributed by atoms with E-state index in [1.54, 1.807) is 24.5 Å². The van der Waals surface area contributed by atoms with Crippen LogP contribution in [-0.4, -0.2) is 52.0 Å². The molecule has 1 aliphatic rings. The molecule has 0 unspecified atom stereocenters. The number of rotatable bonds is 7. The zero-order chi connectivity index (χ0) is 19.4. The van der Waals surface area contributed by atoms with Gasteiger partial charge in [0.15, 0.2) is 0 Å². The number of benzene rings is 1. The number of nitrogens with one attached hydrogen (secondary N) is 1. The number of carboxylic acid groups (broad SMARTS) is 1. The van der Waals surface area contributed by atoms with E-state index in [0.717, 1.165) is 24.0 Å². The number of hydrogen-bond acceptors (Lipinski definition) is 4. The van der Waals surface area contributed by atoms with Crippen molar-refractivity contribution in [2.45, 2.75) is 31.8 Å². The van der Waals surface area contributed by atoms with Gasteiger partial charge in [0.1, 0.15) is 0 Å². The molecule has 1 aliphatic carbocycles. The molecule has 7 heteroatoms. The Morgan fingerprint density at radius 2 is 1.93 bits per heavy atom. The lowest BCUT2D eigenvalue weighted by Crippen LogP contribution is -2.54. The molecular weight excluding hydrogens is 366 g/mol. The zero-order valence-electron chi connectivity index (χ0n) is 15.1. The lowest BCUT2D eigenvalue weighted by molar-refractivity contribution is -0.139. The summed E-state index contributed by atoms with van der Waals surface area (Å²) in [6.45, 7) is 2.67. The third-order valence-electron chi connectivity index (χ3n) is 4.89. The van der Waals surface area contributed by atoms with Crippen molar-refractivity contribution >= 4 is 23.5 Å². The topological polar surface area (TPSA) is 82.5 Å². The summed E-state index contributed by atoms with van der Waals surface area (Å²) in [6, 6.07) is 9.45. The highest BCUT2D eigenvalue weighted by atomic mass is 35.5. The Kier molecular flexibility index (Phi) is 6.08. The fourth-order valence-corrected chi connectivity index (χ4v) is 3.44. The van der Waals surface area contributed by atoms with Crippen LogP contribution in [-0.2, 0) is 4.79 Å². The summed E-state index contributed by atoms with van der Waals surface area (Å²) in [7, 11) is 0. The Morgan fingerprint density at radius 1 is 1.22 bits per heavy atom. The van der Waals surface area contributed by atoms with E-state index in [2.05, 4.69) is 10.3 Å². The van der Waals surface area contributed by atoms with Crippen molar-refractivity contribution in [3.8, 4) is 11.1 Å². The van der Waals surface area contributed by atoms with Crippen LogP contribution in [0, 0.1) is 0 Å². The van der Waals surface area contributed by atoms with E-state index in [0.29, 0.717) is 17.1 Å². The molecule has 1 fully saturated rings. The van der Waals surface area contributed by atoms with Gasteiger partial charge < -0.3 is 10.4 Å². The molecule has 142 valence electrons. The summed E-state index contributed by atoms with van der Waals surface area (Å²) in [5.74, 6) is -0.988. The van der Waals surface area contributed by atoms with Crippen LogP contribution in [0.3, 0.4) is 0 Å². The van der Waals surface area contributed by atoms with Crippen molar-refractivity contribution in [1.29, 1.82) is 0 Å². The molecule has 1 heterocycles. The Balaban J connectivity index is 1.59. The first-order valence-electron chi connectivity index (χ1n) is 8.94. The highest BCUT2D eigenvalue weighted by Gasteiger charge is 2.34. The lowest BCUT2D eigenvalue weighted by Gasteiger charge is -2.42. The minimum atomic E-state index is -0.825. The third-order valence-corrected chi connectivity index (χ3v) is 5.14. The molecule has 0 saturated heterocycles. The van der Waals surface area contributed by atoms with Gasteiger partial charge in [-0.25, -0.2) is 0 Å². The Bertz CT molecular complexity index is 819. The maximum atomic E-state index is 12.5. The standard InChI is InChI=1S/C20H22ClN3O3/c1-2-24(12-19(25)26)18-8-17(9-18)23-20(27)15-7-14(10-22-11-15)13-3-5-16(21)6-4-13/h3-7,10-11,17-18H,2,8-9,12H2,1H3,(H,23,27)(H,25,26). The average Bonchev–Trinajstić information content (AvgIpc) is 2.63. The molecule has 6 nitrogen and oxygen atoms in total. The molecule has 1 saturated carbocycles. The van der Waals surface area contributed by atoms with Gasteiger partial charge >= 0.3 is 5.97 Å². The Morgan fingerprint density at radius 3 is 2.56 bits per heavy atom. The number of halogens is 1. The molecule has 27 heavy (non-hydrogen) atoms. The largest absolute Gasteiger partial charge is 0.480 e. The normalized spacial score (nSPS) is 18.8. The monoisotopic (exact) mass is 387 g/mol. The van der Waals surface area contributed by atoms with Crippen LogP contribution in [0.15, 0.2) is 42.7 Å². The molecule has 2 N–H and O–H groups in total. The first-order valence-corrected chi connectivity index (χ1v) is 9.31. The van der Waals surface area contributed by atoms with E-state index in [-0.39, 0.29) is 24.5 Å². The molecule has 3 rings (SSSR count). The number of hydrogen-bond donors (Lipinski definition) is 2. The Labute approximate surface area is 163 Å². The van der Waals surface area contributed by atoms with Gasteiger partial charge in [-0.1, -0.05) is 30.7 Å². The summed E-state index contributed by atoms with van der Waals surface area (Å²) in [4.78, 5) is 29.5. The molecule has 0 radical (unpaired) electrons. The van der Waals surface area contributed by atoms with Crippen LogP contribution in [0.5, 0.6) is 0 Å². The fourth-order valence-electron chi connectivity index (χ4n) is 3.31. The van der Waals surface area contributed by atoms with Gasteiger partial charge in [-0.15, -0.1) is 0 Å². The van der Waals surface area contributed by atoms with E-state index in [4.69, 9.17) is 16.7 Å². The summed E-state index contributed by atoms with van der Waals surface area (Å²) in [5.41, 5.74) is 2.30. The highest BCUT2D eigenvalue weighted by molar-refractivity contribution is 6.30. The van der Waals surface area contributed by atoms with Crippen LogP contribution < -0.4 is 5.32 Å². The van der Waals surface area contributed by atoms with Gasteiger partial charge in [0, 0.05) is 35.1 Å². The summed E-state index contributed by atoms with van der Waals surface area (Å²) >= 11 is 5.92. The average molecular weight is 388 g/mol. The molecule has 1 aromatic heterocycles. The van der Waals surface area contributed by atoms with E-state index < -0.39 is 5.97 Å². The van der Waals surface area contributed by atoms with Gasteiger partial charge in [-0.3, -0.25) is 19.5 Å².